The Morgan fingerprint density at radius 2 is 1.94 bits per heavy atom. The zero-order chi connectivity index (χ0) is 23.3. The van der Waals surface area contributed by atoms with Crippen LogP contribution in [0, 0.1) is 11.8 Å². The smallest absolute Gasteiger partial charge is 0.312 e. The third-order valence-corrected chi connectivity index (χ3v) is 7.19. The van der Waals surface area contributed by atoms with Crippen LogP contribution in [0.4, 0.5) is 5.69 Å². The van der Waals surface area contributed by atoms with Gasteiger partial charge in [0, 0.05) is 17.3 Å². The highest BCUT2D eigenvalue weighted by Crippen LogP contribution is 2.53. The van der Waals surface area contributed by atoms with Crippen LogP contribution in [0.15, 0.2) is 48.6 Å². The van der Waals surface area contributed by atoms with Crippen molar-refractivity contribution in [3.8, 4) is 0 Å². The number of carbonyl (C=O) groups is 3. The third-order valence-electron chi connectivity index (χ3n) is 6.94. The van der Waals surface area contributed by atoms with Crippen LogP contribution >= 0.6 is 11.6 Å². The van der Waals surface area contributed by atoms with E-state index in [0.29, 0.717) is 17.1 Å². The summed E-state index contributed by atoms with van der Waals surface area (Å²) >= 11 is 6.02. The Bertz CT molecular complexity index is 1040. The molecule has 0 aromatic heterocycles. The van der Waals surface area contributed by atoms with Crippen LogP contribution in [0.5, 0.6) is 0 Å². The van der Waals surface area contributed by atoms with E-state index in [9.17, 15) is 19.5 Å². The number of halogens is 1. The minimum absolute atomic E-state index is 0.228. The Hall–Kier alpha value is -2.68. The van der Waals surface area contributed by atoms with Gasteiger partial charge in [-0.1, -0.05) is 35.9 Å². The molecule has 9 heteroatoms. The van der Waals surface area contributed by atoms with Crippen molar-refractivity contribution in [1.82, 2.24) is 4.90 Å². The molecular weight excluding hydrogens is 448 g/mol. The van der Waals surface area contributed by atoms with Gasteiger partial charge in [-0.25, -0.2) is 0 Å². The molecule has 2 amide bonds. The van der Waals surface area contributed by atoms with Crippen LogP contribution in [0.3, 0.4) is 0 Å². The fraction of sp³-hybridized carbons (Fsp3) is 0.458. The fourth-order valence-corrected chi connectivity index (χ4v) is 5.59. The van der Waals surface area contributed by atoms with Crippen molar-refractivity contribution in [3.63, 3.8) is 0 Å². The number of cyclic esters (lactones) is 1. The average Bonchev–Trinajstić information content (AvgIpc) is 3.18. The number of hydrogen-bond acceptors (Lipinski definition) is 6. The molecule has 1 spiro atoms. The molecular formula is C24H25ClN2O6. The molecule has 174 valence electrons. The lowest BCUT2D eigenvalue weighted by Crippen LogP contribution is -2.57. The summed E-state index contributed by atoms with van der Waals surface area (Å²) < 4.78 is 11.8. The van der Waals surface area contributed by atoms with E-state index in [4.69, 9.17) is 21.1 Å². The Morgan fingerprint density at radius 1 is 1.18 bits per heavy atom. The topological polar surface area (TPSA) is 96.4 Å². The van der Waals surface area contributed by atoms with Crippen LogP contribution in [0.1, 0.15) is 13.3 Å². The summed E-state index contributed by atoms with van der Waals surface area (Å²) in [6, 6.07) is 5.18. The van der Waals surface area contributed by atoms with E-state index < -0.39 is 47.5 Å². The van der Waals surface area contributed by atoms with Gasteiger partial charge in [-0.15, -0.1) is 0 Å². The number of likely N-dealkylation sites (tertiary alicyclic amines) is 1. The van der Waals surface area contributed by atoms with Crippen LogP contribution < -0.4 is 4.90 Å². The zero-order valence-corrected chi connectivity index (χ0v) is 18.9. The number of fused-ring (bicyclic) bond motifs is 2. The molecule has 0 aliphatic carbocycles. The first kappa shape index (κ1) is 22.1. The van der Waals surface area contributed by atoms with Gasteiger partial charge in [0.05, 0.1) is 31.3 Å². The number of nitrogens with zero attached hydrogens (tertiary/aromatic N) is 2. The summed E-state index contributed by atoms with van der Waals surface area (Å²) in [6.45, 7) is 1.84. The van der Waals surface area contributed by atoms with E-state index in [1.165, 1.54) is 4.90 Å². The Morgan fingerprint density at radius 3 is 2.67 bits per heavy atom. The van der Waals surface area contributed by atoms with E-state index in [2.05, 4.69) is 0 Å². The maximum absolute atomic E-state index is 14.0. The van der Waals surface area contributed by atoms with Crippen LogP contribution in [0.2, 0.25) is 5.02 Å². The molecule has 2 saturated heterocycles. The molecule has 0 bridgehead atoms. The number of benzene rings is 1. The molecule has 6 atom stereocenters. The fourth-order valence-electron chi connectivity index (χ4n) is 5.46. The van der Waals surface area contributed by atoms with Gasteiger partial charge in [-0.05, 0) is 37.6 Å². The zero-order valence-electron chi connectivity index (χ0n) is 18.1. The van der Waals surface area contributed by atoms with Gasteiger partial charge in [0.1, 0.15) is 17.6 Å². The summed E-state index contributed by atoms with van der Waals surface area (Å²) in [6.07, 6.45) is 7.10. The molecule has 4 aliphatic rings. The molecule has 2 fully saturated rings. The molecule has 4 aliphatic heterocycles. The van der Waals surface area contributed by atoms with Crippen molar-refractivity contribution in [2.24, 2.45) is 11.8 Å². The summed E-state index contributed by atoms with van der Waals surface area (Å²) in [7, 11) is 0. The van der Waals surface area contributed by atoms with Gasteiger partial charge in [0.15, 0.2) is 0 Å². The standard InChI is InChI=1S/C24H25ClN2O6/c1-14(13-28)27-20-22(30)26(16-8-6-15(25)7-9-16)11-4-10-24(20)19(21(27)29)18-17(33-24)5-2-3-12-32-23(18)31/h2,4-10,14,17-20,28H,3,11-13H2,1H3/t14-,17+,18-,19+,20?,24+/m1/s1. The Labute approximate surface area is 196 Å². The number of hydrogen-bond donors (Lipinski definition) is 1. The number of esters is 1. The van der Waals surface area contributed by atoms with Crippen molar-refractivity contribution in [1.29, 1.82) is 0 Å². The van der Waals surface area contributed by atoms with E-state index in [1.54, 1.807) is 54.3 Å². The van der Waals surface area contributed by atoms with Crippen molar-refractivity contribution >= 4 is 35.1 Å². The number of amides is 2. The molecule has 1 unspecified atom stereocenters. The number of ether oxygens (including phenoxy) is 2. The maximum Gasteiger partial charge on any atom is 0.312 e. The van der Waals surface area contributed by atoms with Gasteiger partial charge in [-0.3, -0.25) is 14.4 Å². The minimum Gasteiger partial charge on any atom is -0.465 e. The summed E-state index contributed by atoms with van der Waals surface area (Å²) in [5.41, 5.74) is -0.719. The summed E-state index contributed by atoms with van der Waals surface area (Å²) in [4.78, 5) is 43.7. The number of aliphatic hydroxyl groups is 1. The minimum atomic E-state index is -1.35. The molecule has 4 heterocycles. The molecule has 8 nitrogen and oxygen atoms in total. The van der Waals surface area contributed by atoms with Gasteiger partial charge in [0.2, 0.25) is 5.91 Å². The first-order valence-electron chi connectivity index (χ1n) is 11.1. The highest BCUT2D eigenvalue weighted by molar-refractivity contribution is 6.30. The van der Waals surface area contributed by atoms with E-state index >= 15 is 0 Å². The van der Waals surface area contributed by atoms with Crippen molar-refractivity contribution in [3.05, 3.63) is 53.6 Å². The largest absolute Gasteiger partial charge is 0.465 e. The number of carbonyl (C=O) groups excluding carboxylic acids is 3. The Kier molecular flexibility index (Phi) is 5.55. The Balaban J connectivity index is 1.63. The first-order valence-corrected chi connectivity index (χ1v) is 11.5. The SMILES string of the molecule is C[C@H](CO)N1C(=O)[C@@H]2[C@@H]3C(=O)OCCC=C[C@@H]3O[C@@]23C=CCN(c2ccc(Cl)cc2)C(=O)C13. The monoisotopic (exact) mass is 472 g/mol. The lowest BCUT2D eigenvalue weighted by molar-refractivity contribution is -0.155. The van der Waals surface area contributed by atoms with Gasteiger partial charge in [0.25, 0.3) is 5.91 Å². The number of anilines is 1. The van der Waals surface area contributed by atoms with Gasteiger partial charge >= 0.3 is 5.97 Å². The van der Waals surface area contributed by atoms with E-state index in [-0.39, 0.29) is 25.7 Å². The first-order chi connectivity index (χ1) is 15.9. The predicted octanol–water partition coefficient (Wildman–Crippen LogP) is 1.71. The highest BCUT2D eigenvalue weighted by Gasteiger charge is 2.72. The van der Waals surface area contributed by atoms with Crippen LogP contribution in [-0.4, -0.2) is 71.3 Å². The van der Waals surface area contributed by atoms with E-state index in [0.717, 1.165) is 0 Å². The second kappa shape index (κ2) is 8.27. The third kappa shape index (κ3) is 3.31. The quantitative estimate of drug-likeness (QED) is 0.531. The second-order valence-corrected chi connectivity index (χ2v) is 9.27. The van der Waals surface area contributed by atoms with E-state index in [1.807, 2.05) is 6.08 Å². The van der Waals surface area contributed by atoms with Crippen molar-refractivity contribution in [2.45, 2.75) is 37.1 Å². The molecule has 1 aromatic carbocycles. The molecule has 1 N–H and O–H groups in total. The highest BCUT2D eigenvalue weighted by atomic mass is 35.5. The summed E-state index contributed by atoms with van der Waals surface area (Å²) in [5.74, 6) is -3.04. The van der Waals surface area contributed by atoms with Crippen LogP contribution in [0.25, 0.3) is 0 Å². The number of aliphatic hydroxyl groups excluding tert-OH is 1. The number of rotatable bonds is 3. The molecule has 0 radical (unpaired) electrons. The average molecular weight is 473 g/mol. The maximum atomic E-state index is 14.0. The molecule has 5 rings (SSSR count). The molecule has 0 saturated carbocycles. The second-order valence-electron chi connectivity index (χ2n) is 8.83. The lowest BCUT2D eigenvalue weighted by atomic mass is 9.77. The van der Waals surface area contributed by atoms with Gasteiger partial charge in [-0.2, -0.15) is 0 Å². The van der Waals surface area contributed by atoms with Crippen molar-refractivity contribution in [2.75, 3.05) is 24.7 Å². The van der Waals surface area contributed by atoms with Crippen LogP contribution in [-0.2, 0) is 23.9 Å². The lowest BCUT2D eigenvalue weighted by Gasteiger charge is -2.37. The normalized spacial score (nSPS) is 34.2. The molecule has 1 aromatic rings. The molecule has 33 heavy (non-hydrogen) atoms. The predicted molar refractivity (Wildman–Crippen MR) is 119 cm³/mol. The van der Waals surface area contributed by atoms with Gasteiger partial charge < -0.3 is 24.4 Å². The van der Waals surface area contributed by atoms with Crippen molar-refractivity contribution < 1.29 is 29.0 Å². The summed E-state index contributed by atoms with van der Waals surface area (Å²) in [5, 5.41) is 10.4.